The van der Waals surface area contributed by atoms with Gasteiger partial charge in [0, 0.05) is 45.5 Å². The Morgan fingerprint density at radius 1 is 0.789 bits per heavy atom. The average Bonchev–Trinajstić information content (AvgIpc) is 3.70. The number of fused-ring (bicyclic) bond motifs is 2. The number of carbonyl (C=O) groups excluding carboxylic acids is 2. The van der Waals surface area contributed by atoms with Gasteiger partial charge in [-0.15, -0.1) is 0 Å². The van der Waals surface area contributed by atoms with Gasteiger partial charge in [-0.1, -0.05) is 17.2 Å². The Balaban J connectivity index is 0.000000156. The lowest BCUT2D eigenvalue weighted by Gasteiger charge is -2.06. The van der Waals surface area contributed by atoms with Gasteiger partial charge in [-0.3, -0.25) is 9.59 Å². The number of nitrogens with zero attached hydrogens (tertiary/aromatic N) is 3. The zero-order chi connectivity index (χ0) is 26.8. The third kappa shape index (κ3) is 4.47. The summed E-state index contributed by atoms with van der Waals surface area (Å²) in [4.78, 5) is 32.8. The summed E-state index contributed by atoms with van der Waals surface area (Å²) >= 11 is 0. The summed E-state index contributed by atoms with van der Waals surface area (Å²) in [6.07, 6.45) is 6.94. The first kappa shape index (κ1) is 24.4. The fourth-order valence-electron chi connectivity index (χ4n) is 4.35. The van der Waals surface area contributed by atoms with E-state index in [-0.39, 0.29) is 17.6 Å². The maximum Gasteiger partial charge on any atom is 0.256 e. The molecular formula is C28H22FN7O2. The first-order chi connectivity index (χ1) is 18.4. The summed E-state index contributed by atoms with van der Waals surface area (Å²) in [5.74, 6) is -0.817. The Morgan fingerprint density at radius 2 is 1.32 bits per heavy atom. The zero-order valence-electron chi connectivity index (χ0n) is 20.5. The van der Waals surface area contributed by atoms with Crippen LogP contribution in [-0.2, 0) is 9.59 Å². The molecule has 4 aromatic rings. The Bertz CT molecular complexity index is 1680. The standard InChI is InChI=1S/C14H11FN2O.C14H11N5O/c1-8-4-5-11-12(13(8)15)10(14(18)17-11)7-9-3-2-6-16-9;1-8-4-5-11-12(13(8)18-19-15)10(14(20)17-11)7-9-3-2-6-16-9/h2-7,16H,1H3,(H,17,18);2-7,16H,1H3,(H,17,20)/b2*10-7-. The highest BCUT2D eigenvalue weighted by Gasteiger charge is 2.29. The highest BCUT2D eigenvalue weighted by atomic mass is 19.1. The van der Waals surface area contributed by atoms with E-state index in [2.05, 4.69) is 30.6 Å². The molecule has 0 unspecified atom stereocenters. The van der Waals surface area contributed by atoms with Crippen LogP contribution in [0, 0.1) is 19.7 Å². The summed E-state index contributed by atoms with van der Waals surface area (Å²) in [7, 11) is 0. The molecule has 0 spiro atoms. The Kier molecular flexibility index (Phi) is 6.39. The van der Waals surface area contributed by atoms with Gasteiger partial charge >= 0.3 is 0 Å². The Morgan fingerprint density at radius 3 is 1.84 bits per heavy atom. The summed E-state index contributed by atoms with van der Waals surface area (Å²) in [5.41, 5.74) is 15.2. The molecule has 6 rings (SSSR count). The minimum atomic E-state index is -0.344. The maximum absolute atomic E-state index is 14.1. The van der Waals surface area contributed by atoms with Crippen molar-refractivity contribution in [2.75, 3.05) is 10.6 Å². The lowest BCUT2D eigenvalue weighted by atomic mass is 10.0. The molecule has 9 nitrogen and oxygen atoms in total. The second-order valence-corrected chi connectivity index (χ2v) is 8.74. The smallest absolute Gasteiger partial charge is 0.256 e. The van der Waals surface area contributed by atoms with Gasteiger partial charge in [-0.25, -0.2) is 4.39 Å². The number of carbonyl (C=O) groups is 2. The molecule has 2 aliphatic rings. The van der Waals surface area contributed by atoms with E-state index in [1.165, 1.54) is 0 Å². The van der Waals surface area contributed by atoms with Crippen LogP contribution >= 0.6 is 0 Å². The van der Waals surface area contributed by atoms with Crippen molar-refractivity contribution in [3.8, 4) is 0 Å². The molecule has 0 saturated carbocycles. The third-order valence-electron chi connectivity index (χ3n) is 6.23. The second-order valence-electron chi connectivity index (χ2n) is 8.74. The number of nitrogens with one attached hydrogen (secondary N) is 4. The van der Waals surface area contributed by atoms with Gasteiger partial charge < -0.3 is 20.6 Å². The monoisotopic (exact) mass is 507 g/mol. The largest absolute Gasteiger partial charge is 0.362 e. The molecule has 4 N–H and O–H groups in total. The maximum atomic E-state index is 14.1. The van der Waals surface area contributed by atoms with Crippen LogP contribution in [0.2, 0.25) is 0 Å². The number of aromatic amines is 2. The Labute approximate surface area is 216 Å². The minimum absolute atomic E-state index is 0.199. The van der Waals surface area contributed by atoms with E-state index >= 15 is 0 Å². The van der Waals surface area contributed by atoms with Crippen LogP contribution < -0.4 is 10.6 Å². The number of halogens is 1. The summed E-state index contributed by atoms with van der Waals surface area (Å²) < 4.78 is 14.1. The number of aromatic nitrogens is 2. The number of benzene rings is 2. The lowest BCUT2D eigenvalue weighted by Crippen LogP contribution is -2.03. The summed E-state index contributed by atoms with van der Waals surface area (Å²) in [6, 6.07) is 14.4. The van der Waals surface area contributed by atoms with Crippen molar-refractivity contribution in [1.29, 1.82) is 0 Å². The lowest BCUT2D eigenvalue weighted by molar-refractivity contribution is -0.111. The van der Waals surface area contributed by atoms with Crippen LogP contribution in [0.3, 0.4) is 0 Å². The van der Waals surface area contributed by atoms with Gasteiger partial charge in [-0.2, -0.15) is 0 Å². The van der Waals surface area contributed by atoms with Crippen LogP contribution in [0.15, 0.2) is 66.0 Å². The van der Waals surface area contributed by atoms with E-state index in [0.29, 0.717) is 44.9 Å². The molecule has 0 radical (unpaired) electrons. The fourth-order valence-corrected chi connectivity index (χ4v) is 4.35. The third-order valence-corrected chi connectivity index (χ3v) is 6.23. The van der Waals surface area contributed by atoms with Crippen LogP contribution in [0.1, 0.15) is 33.6 Å². The molecule has 2 aliphatic heterocycles. The molecule has 2 amide bonds. The van der Waals surface area contributed by atoms with E-state index in [0.717, 1.165) is 17.0 Å². The molecule has 0 fully saturated rings. The number of rotatable bonds is 3. The average molecular weight is 508 g/mol. The molecule has 188 valence electrons. The quantitative estimate of drug-likeness (QED) is 0.106. The minimum Gasteiger partial charge on any atom is -0.362 e. The normalized spacial score (nSPS) is 15.3. The number of H-pyrrole nitrogens is 2. The van der Waals surface area contributed by atoms with Crippen molar-refractivity contribution in [3.63, 3.8) is 0 Å². The van der Waals surface area contributed by atoms with Gasteiger partial charge in [0.05, 0.1) is 22.5 Å². The molecule has 0 saturated heterocycles. The zero-order valence-corrected chi connectivity index (χ0v) is 20.5. The van der Waals surface area contributed by atoms with Crippen molar-refractivity contribution in [2.45, 2.75) is 13.8 Å². The van der Waals surface area contributed by atoms with E-state index < -0.39 is 0 Å². The van der Waals surface area contributed by atoms with E-state index in [9.17, 15) is 14.0 Å². The first-order valence-corrected chi connectivity index (χ1v) is 11.7. The van der Waals surface area contributed by atoms with Crippen LogP contribution in [0.25, 0.3) is 33.7 Å². The Hall–Kier alpha value is -5.34. The first-order valence-electron chi connectivity index (χ1n) is 11.7. The highest BCUT2D eigenvalue weighted by Crippen LogP contribution is 2.42. The van der Waals surface area contributed by atoms with Crippen molar-refractivity contribution < 1.29 is 14.0 Å². The number of amides is 2. The van der Waals surface area contributed by atoms with E-state index in [1.54, 1.807) is 43.6 Å². The molecular weight excluding hydrogens is 485 g/mol. The van der Waals surface area contributed by atoms with E-state index in [4.69, 9.17) is 5.53 Å². The molecule has 2 aromatic carbocycles. The topological polar surface area (TPSA) is 139 Å². The molecule has 10 heteroatoms. The summed E-state index contributed by atoms with van der Waals surface area (Å²) in [5, 5.41) is 9.18. The molecule has 0 aliphatic carbocycles. The predicted octanol–water partition coefficient (Wildman–Crippen LogP) is 6.71. The highest BCUT2D eigenvalue weighted by molar-refractivity contribution is 6.36. The van der Waals surface area contributed by atoms with Crippen molar-refractivity contribution in [2.24, 2.45) is 5.11 Å². The van der Waals surface area contributed by atoms with Crippen molar-refractivity contribution in [1.82, 2.24) is 9.97 Å². The number of hydrogen-bond acceptors (Lipinski definition) is 3. The molecule has 0 bridgehead atoms. The number of hydrogen-bond donors (Lipinski definition) is 4. The van der Waals surface area contributed by atoms with Gasteiger partial charge in [0.25, 0.3) is 11.8 Å². The van der Waals surface area contributed by atoms with Crippen molar-refractivity contribution in [3.05, 3.63) is 111 Å². The summed E-state index contributed by atoms with van der Waals surface area (Å²) in [6.45, 7) is 3.53. The molecule has 0 atom stereocenters. The second kappa shape index (κ2) is 9.96. The van der Waals surface area contributed by atoms with Crippen LogP contribution in [-0.4, -0.2) is 21.8 Å². The predicted molar refractivity (Wildman–Crippen MR) is 146 cm³/mol. The van der Waals surface area contributed by atoms with Gasteiger partial charge in [0.2, 0.25) is 0 Å². The molecule has 4 heterocycles. The number of aryl methyl sites for hydroxylation is 2. The van der Waals surface area contributed by atoms with Crippen LogP contribution in [0.5, 0.6) is 0 Å². The molecule has 2 aromatic heterocycles. The van der Waals surface area contributed by atoms with Crippen LogP contribution in [0.4, 0.5) is 21.5 Å². The fraction of sp³-hybridized carbons (Fsp3) is 0.0714. The number of anilines is 2. The molecule has 38 heavy (non-hydrogen) atoms. The van der Waals surface area contributed by atoms with E-state index in [1.807, 2.05) is 43.3 Å². The van der Waals surface area contributed by atoms with Gasteiger partial charge in [0.1, 0.15) is 5.82 Å². The van der Waals surface area contributed by atoms with Gasteiger partial charge in [0.15, 0.2) is 0 Å². The van der Waals surface area contributed by atoms with Crippen molar-refractivity contribution >= 4 is 52.2 Å². The van der Waals surface area contributed by atoms with Gasteiger partial charge in [-0.05, 0) is 79.1 Å². The number of azide groups is 1. The SMILES string of the molecule is Cc1ccc2c(c1F)/C(=C/c1ccc[nH]1)C(=O)N2.Cc1ccc2c(c1N=[N+]=[N-])/C(=C/c1ccc[nH]1)C(=O)N2.